The zero-order chi connectivity index (χ0) is 55.6. The van der Waals surface area contributed by atoms with Crippen LogP contribution in [0.25, 0.3) is 0 Å². The number of phosphoric ester groups is 1. The number of amides is 1. The van der Waals surface area contributed by atoms with Crippen molar-refractivity contribution in [2.75, 3.05) is 40.9 Å². The summed E-state index contributed by atoms with van der Waals surface area (Å²) in [5.41, 5.74) is 0. The Labute approximate surface area is 474 Å². The molecule has 0 aliphatic rings. The molecule has 1 amide bonds. The average Bonchev–Trinajstić information content (AvgIpc) is 3.38. The number of hydrogen-bond donors (Lipinski definition) is 3. The summed E-state index contributed by atoms with van der Waals surface area (Å²) >= 11 is 0. The van der Waals surface area contributed by atoms with E-state index in [-0.39, 0.29) is 19.1 Å². The van der Waals surface area contributed by atoms with Crippen molar-refractivity contribution in [2.45, 2.75) is 347 Å². The summed E-state index contributed by atoms with van der Waals surface area (Å²) < 4.78 is 23.7. The van der Waals surface area contributed by atoms with E-state index in [0.29, 0.717) is 17.4 Å². The number of nitrogens with zero attached hydrogens (tertiary/aromatic N) is 1. The largest absolute Gasteiger partial charge is 0.472 e. The van der Waals surface area contributed by atoms with Crippen LogP contribution in [0.4, 0.5) is 0 Å². The molecule has 0 spiro atoms. The number of likely N-dealkylation sites (N-methyl/N-ethyl adjacent to an activating group) is 1. The van der Waals surface area contributed by atoms with E-state index in [9.17, 15) is 19.4 Å². The van der Waals surface area contributed by atoms with E-state index in [4.69, 9.17) is 9.05 Å². The van der Waals surface area contributed by atoms with Gasteiger partial charge >= 0.3 is 7.82 Å². The van der Waals surface area contributed by atoms with Crippen molar-refractivity contribution in [1.82, 2.24) is 5.32 Å². The molecule has 0 aromatic rings. The molecule has 3 N–H and O–H groups in total. The van der Waals surface area contributed by atoms with Gasteiger partial charge < -0.3 is 19.8 Å². The van der Waals surface area contributed by atoms with Crippen LogP contribution in [0.2, 0.25) is 0 Å². The number of carbonyl (C=O) groups is 1. The fraction of sp³-hybridized carbons (Fsp3) is 0.896. The van der Waals surface area contributed by atoms with Crippen molar-refractivity contribution >= 4 is 13.7 Å². The lowest BCUT2D eigenvalue weighted by molar-refractivity contribution is -0.870. The maximum absolute atomic E-state index is 13.0. The van der Waals surface area contributed by atoms with Crippen LogP contribution in [0, 0.1) is 0 Å². The lowest BCUT2D eigenvalue weighted by Gasteiger charge is -2.25. The maximum atomic E-state index is 13.0. The summed E-state index contributed by atoms with van der Waals surface area (Å²) in [6.45, 7) is 4.83. The number of hydrogen-bond acceptors (Lipinski definition) is 5. The smallest absolute Gasteiger partial charge is 0.387 e. The quantitative estimate of drug-likeness (QED) is 0.0243. The molecule has 0 radical (unpaired) electrons. The molecule has 0 aliphatic carbocycles. The molecule has 3 atom stereocenters. The van der Waals surface area contributed by atoms with Crippen LogP contribution in [0.3, 0.4) is 0 Å². The molecule has 0 aromatic carbocycles. The number of aliphatic hydroxyl groups is 1. The highest BCUT2D eigenvalue weighted by Crippen LogP contribution is 2.43. The first-order valence-electron chi connectivity index (χ1n) is 33.4. The standard InChI is InChI=1S/C67H131N2O6P/c1-6-8-10-12-14-16-18-20-21-22-23-24-25-26-27-28-29-30-31-32-33-34-35-36-37-38-39-40-41-42-43-44-45-46-47-49-51-53-55-57-59-61-67(71)68-65(64-75-76(72,73)74-63-62-69(3,4)5)66(70)60-58-56-54-52-50-48-19-17-15-13-11-9-7-2/h18,20,22-23,58,60,65-66,70H,6-17,19,21,24-57,59,61-64H2,1-5H3,(H-,68,71,72,73)/p+1/b20-18-,23-22-,60-58+. The number of phosphoric acid groups is 1. The first-order valence-corrected chi connectivity index (χ1v) is 34.9. The second-order valence-electron chi connectivity index (χ2n) is 24.2. The van der Waals surface area contributed by atoms with E-state index in [0.717, 1.165) is 44.9 Å². The predicted octanol–water partition coefficient (Wildman–Crippen LogP) is 20.9. The van der Waals surface area contributed by atoms with E-state index in [1.807, 2.05) is 27.2 Å². The van der Waals surface area contributed by atoms with E-state index >= 15 is 0 Å². The van der Waals surface area contributed by atoms with Crippen LogP contribution in [0.15, 0.2) is 36.5 Å². The molecular formula is C67H132N2O6P+. The Morgan fingerprint density at radius 1 is 0.447 bits per heavy atom. The minimum absolute atomic E-state index is 0.0639. The van der Waals surface area contributed by atoms with Gasteiger partial charge in [-0.25, -0.2) is 4.57 Å². The highest BCUT2D eigenvalue weighted by atomic mass is 31.2. The number of unbranched alkanes of at least 4 members (excludes halogenated alkanes) is 45. The zero-order valence-corrected chi connectivity index (χ0v) is 52.4. The Hall–Kier alpha value is -1.28. The van der Waals surface area contributed by atoms with Gasteiger partial charge in [-0.05, 0) is 51.4 Å². The van der Waals surface area contributed by atoms with E-state index < -0.39 is 20.0 Å². The van der Waals surface area contributed by atoms with Crippen LogP contribution in [0.5, 0.6) is 0 Å². The predicted molar refractivity (Wildman–Crippen MR) is 332 cm³/mol. The second kappa shape index (κ2) is 58.4. The number of carbonyl (C=O) groups excluding carboxylic acids is 1. The Morgan fingerprint density at radius 3 is 1.08 bits per heavy atom. The summed E-state index contributed by atoms with van der Waals surface area (Å²) in [5, 5.41) is 13.9. The Balaban J connectivity index is 3.82. The van der Waals surface area contributed by atoms with Crippen molar-refractivity contribution in [2.24, 2.45) is 0 Å². The summed E-state index contributed by atoms with van der Waals surface area (Å²) in [5.74, 6) is -0.171. The molecule has 0 aromatic heterocycles. The Bertz CT molecular complexity index is 1330. The molecule has 0 rings (SSSR count). The molecule has 0 bridgehead atoms. The minimum atomic E-state index is -4.34. The fourth-order valence-electron chi connectivity index (χ4n) is 10.1. The van der Waals surface area contributed by atoms with Crippen LogP contribution in [0.1, 0.15) is 335 Å². The van der Waals surface area contributed by atoms with Gasteiger partial charge in [0.05, 0.1) is 39.9 Å². The molecule has 0 fully saturated rings. The van der Waals surface area contributed by atoms with Gasteiger partial charge in [0.1, 0.15) is 13.2 Å². The Kier molecular flexibility index (Phi) is 57.4. The van der Waals surface area contributed by atoms with Gasteiger partial charge in [0.25, 0.3) is 0 Å². The van der Waals surface area contributed by atoms with E-state index in [1.54, 1.807) is 6.08 Å². The third-order valence-electron chi connectivity index (χ3n) is 15.4. The second-order valence-corrected chi connectivity index (χ2v) is 25.7. The lowest BCUT2D eigenvalue weighted by Crippen LogP contribution is -2.45. The first-order chi connectivity index (χ1) is 37.0. The van der Waals surface area contributed by atoms with Crippen molar-refractivity contribution < 1.29 is 32.9 Å². The Morgan fingerprint density at radius 2 is 0.750 bits per heavy atom. The SMILES string of the molecule is CCCCCCC/C=C\C/C=C\CCCCCCCCCCCCCCCCCCCCCCCCCCCCCCCC(=O)NC(COP(=O)(O)OCC[N+](C)(C)C)C(O)/C=C/CCCCCCCCCCCCC. The zero-order valence-electron chi connectivity index (χ0n) is 51.5. The summed E-state index contributed by atoms with van der Waals surface area (Å²) in [6, 6.07) is -0.843. The molecule has 0 heterocycles. The van der Waals surface area contributed by atoms with Crippen LogP contribution < -0.4 is 5.32 Å². The number of allylic oxidation sites excluding steroid dienone is 5. The number of nitrogens with one attached hydrogen (secondary N) is 1. The highest BCUT2D eigenvalue weighted by molar-refractivity contribution is 7.47. The molecule has 76 heavy (non-hydrogen) atoms. The molecule has 3 unspecified atom stereocenters. The van der Waals surface area contributed by atoms with Gasteiger partial charge in [-0.1, -0.05) is 314 Å². The van der Waals surface area contributed by atoms with Crippen molar-refractivity contribution in [3.05, 3.63) is 36.5 Å². The average molecular weight is 1090 g/mol. The normalized spacial score (nSPS) is 13.9. The van der Waals surface area contributed by atoms with Crippen molar-refractivity contribution in [3.63, 3.8) is 0 Å². The molecule has 8 nitrogen and oxygen atoms in total. The maximum Gasteiger partial charge on any atom is 0.472 e. The van der Waals surface area contributed by atoms with E-state index in [2.05, 4.69) is 43.5 Å². The third-order valence-corrected chi connectivity index (χ3v) is 16.3. The minimum Gasteiger partial charge on any atom is -0.387 e. The van der Waals surface area contributed by atoms with Gasteiger partial charge in [-0.3, -0.25) is 13.8 Å². The highest BCUT2D eigenvalue weighted by Gasteiger charge is 2.28. The summed E-state index contributed by atoms with van der Waals surface area (Å²) in [4.78, 5) is 23.3. The van der Waals surface area contributed by atoms with Gasteiger partial charge in [0, 0.05) is 6.42 Å². The number of rotatable bonds is 62. The topological polar surface area (TPSA) is 105 Å². The van der Waals surface area contributed by atoms with Crippen LogP contribution >= 0.6 is 7.82 Å². The molecule has 0 saturated heterocycles. The summed E-state index contributed by atoms with van der Waals surface area (Å²) in [7, 11) is 1.59. The molecular weight excluding hydrogens is 960 g/mol. The molecule has 0 aliphatic heterocycles. The molecule has 9 heteroatoms. The number of aliphatic hydroxyl groups excluding tert-OH is 1. The third kappa shape index (κ3) is 60.4. The first kappa shape index (κ1) is 74.7. The molecule has 450 valence electrons. The van der Waals surface area contributed by atoms with Crippen molar-refractivity contribution in [3.8, 4) is 0 Å². The van der Waals surface area contributed by atoms with E-state index in [1.165, 1.54) is 270 Å². The van der Waals surface area contributed by atoms with Gasteiger partial charge in [-0.15, -0.1) is 0 Å². The van der Waals surface area contributed by atoms with Gasteiger partial charge in [0.2, 0.25) is 5.91 Å². The molecule has 0 saturated carbocycles. The van der Waals surface area contributed by atoms with Gasteiger partial charge in [0.15, 0.2) is 0 Å². The van der Waals surface area contributed by atoms with Gasteiger partial charge in [-0.2, -0.15) is 0 Å². The van der Waals surface area contributed by atoms with Crippen LogP contribution in [-0.2, 0) is 18.4 Å². The van der Waals surface area contributed by atoms with Crippen molar-refractivity contribution in [1.29, 1.82) is 0 Å². The van der Waals surface area contributed by atoms with Crippen LogP contribution in [-0.4, -0.2) is 73.4 Å². The lowest BCUT2D eigenvalue weighted by atomic mass is 10.0. The summed E-state index contributed by atoms with van der Waals surface area (Å²) in [6.07, 6.45) is 77.3. The number of quaternary nitrogens is 1. The monoisotopic (exact) mass is 1090 g/mol. The fourth-order valence-corrected chi connectivity index (χ4v) is 10.9.